The lowest BCUT2D eigenvalue weighted by Gasteiger charge is -2.07. The van der Waals surface area contributed by atoms with Gasteiger partial charge in [0.15, 0.2) is 0 Å². The van der Waals surface area contributed by atoms with E-state index in [4.69, 9.17) is 10.2 Å². The van der Waals surface area contributed by atoms with Crippen LogP contribution in [0.25, 0.3) is 0 Å². The number of nitrogens with one attached hydrogen (secondary N) is 1. The van der Waals surface area contributed by atoms with E-state index >= 15 is 0 Å². The predicted octanol–water partition coefficient (Wildman–Crippen LogP) is 2.14. The Kier molecular flexibility index (Phi) is 3.67. The van der Waals surface area contributed by atoms with Gasteiger partial charge in [0.25, 0.3) is 5.91 Å². The molecule has 4 nitrogen and oxygen atoms in total. The predicted molar refractivity (Wildman–Crippen MR) is 70.3 cm³/mol. The molecular formula is C14H16N2O2. The van der Waals surface area contributed by atoms with Crippen molar-refractivity contribution in [2.45, 2.75) is 13.3 Å². The monoisotopic (exact) mass is 244 g/mol. The summed E-state index contributed by atoms with van der Waals surface area (Å²) >= 11 is 0. The molecule has 1 amide bonds. The third-order valence-electron chi connectivity index (χ3n) is 2.74. The van der Waals surface area contributed by atoms with Gasteiger partial charge in [0.2, 0.25) is 0 Å². The summed E-state index contributed by atoms with van der Waals surface area (Å²) < 4.78 is 5.19. The van der Waals surface area contributed by atoms with Gasteiger partial charge >= 0.3 is 0 Å². The Morgan fingerprint density at radius 2 is 2.22 bits per heavy atom. The van der Waals surface area contributed by atoms with Gasteiger partial charge in [-0.05, 0) is 36.8 Å². The van der Waals surface area contributed by atoms with Crippen molar-refractivity contribution in [3.05, 3.63) is 53.5 Å². The summed E-state index contributed by atoms with van der Waals surface area (Å²) in [6.07, 6.45) is 2.30. The zero-order chi connectivity index (χ0) is 13.0. The summed E-state index contributed by atoms with van der Waals surface area (Å²) in [4.78, 5) is 11.9. The first-order valence-electron chi connectivity index (χ1n) is 5.83. The van der Waals surface area contributed by atoms with Crippen molar-refractivity contribution in [2.75, 3.05) is 12.3 Å². The molecule has 94 valence electrons. The Hall–Kier alpha value is -2.23. The second-order valence-electron chi connectivity index (χ2n) is 4.16. The first-order valence-corrected chi connectivity index (χ1v) is 5.83. The van der Waals surface area contributed by atoms with Crippen LogP contribution in [0, 0.1) is 6.92 Å². The number of carbonyl (C=O) groups is 1. The molecule has 1 heterocycles. The van der Waals surface area contributed by atoms with Gasteiger partial charge in [-0.2, -0.15) is 0 Å². The molecule has 0 spiro atoms. The lowest BCUT2D eigenvalue weighted by atomic mass is 10.1. The fraction of sp³-hybridized carbons (Fsp3) is 0.214. The summed E-state index contributed by atoms with van der Waals surface area (Å²) in [5.41, 5.74) is 7.81. The molecule has 4 heteroatoms. The molecule has 0 unspecified atom stereocenters. The number of benzene rings is 1. The van der Waals surface area contributed by atoms with Crippen molar-refractivity contribution in [2.24, 2.45) is 0 Å². The molecule has 2 aromatic rings. The van der Waals surface area contributed by atoms with Crippen LogP contribution in [0.1, 0.15) is 21.7 Å². The van der Waals surface area contributed by atoms with Crippen molar-refractivity contribution < 1.29 is 9.21 Å². The summed E-state index contributed by atoms with van der Waals surface area (Å²) in [5.74, 6) is 0.756. The van der Waals surface area contributed by atoms with Gasteiger partial charge < -0.3 is 15.5 Å². The van der Waals surface area contributed by atoms with E-state index in [0.717, 1.165) is 11.3 Å². The molecule has 0 saturated heterocycles. The van der Waals surface area contributed by atoms with Gasteiger partial charge in [0.05, 0.1) is 6.26 Å². The number of furan rings is 1. The molecule has 0 aliphatic heterocycles. The molecule has 0 bridgehead atoms. The van der Waals surface area contributed by atoms with Crippen LogP contribution in [0.5, 0.6) is 0 Å². The average Bonchev–Trinajstić information content (AvgIpc) is 2.85. The number of carbonyl (C=O) groups excluding carboxylic acids is 1. The Balaban J connectivity index is 1.93. The highest BCUT2D eigenvalue weighted by molar-refractivity contribution is 5.96. The molecule has 0 saturated carbocycles. The molecule has 0 aliphatic carbocycles. The van der Waals surface area contributed by atoms with Crippen molar-refractivity contribution in [3.63, 3.8) is 0 Å². The number of anilines is 1. The van der Waals surface area contributed by atoms with Crippen LogP contribution in [0.3, 0.4) is 0 Å². The number of amides is 1. The van der Waals surface area contributed by atoms with Crippen LogP contribution in [-0.4, -0.2) is 12.5 Å². The molecule has 0 fully saturated rings. The third kappa shape index (κ3) is 2.91. The Bertz CT molecular complexity index is 533. The van der Waals surface area contributed by atoms with Crippen LogP contribution in [0.2, 0.25) is 0 Å². The Morgan fingerprint density at radius 1 is 1.39 bits per heavy atom. The fourth-order valence-electron chi connectivity index (χ4n) is 1.73. The number of hydrogen-bond acceptors (Lipinski definition) is 3. The maximum absolute atomic E-state index is 11.9. The summed E-state index contributed by atoms with van der Waals surface area (Å²) in [7, 11) is 0. The van der Waals surface area contributed by atoms with E-state index < -0.39 is 0 Å². The maximum atomic E-state index is 11.9. The molecule has 2 rings (SSSR count). The van der Waals surface area contributed by atoms with Gasteiger partial charge in [-0.1, -0.05) is 6.07 Å². The number of nitrogens with two attached hydrogens (primary N) is 1. The Labute approximate surface area is 106 Å². The quantitative estimate of drug-likeness (QED) is 0.810. The molecule has 18 heavy (non-hydrogen) atoms. The van der Waals surface area contributed by atoms with Gasteiger partial charge in [-0.25, -0.2) is 0 Å². The standard InChI is InChI=1S/C14H16N2O2/c1-10-4-5-11(15)9-13(10)14(17)16-7-6-12-3-2-8-18-12/h2-5,8-9H,6-7,15H2,1H3,(H,16,17). The van der Waals surface area contributed by atoms with E-state index in [1.54, 1.807) is 18.4 Å². The van der Waals surface area contributed by atoms with Crippen molar-refractivity contribution in [1.29, 1.82) is 0 Å². The topological polar surface area (TPSA) is 68.3 Å². The molecule has 1 aromatic carbocycles. The van der Waals surface area contributed by atoms with E-state index in [2.05, 4.69) is 5.32 Å². The zero-order valence-corrected chi connectivity index (χ0v) is 10.3. The van der Waals surface area contributed by atoms with E-state index in [-0.39, 0.29) is 5.91 Å². The zero-order valence-electron chi connectivity index (χ0n) is 10.3. The highest BCUT2D eigenvalue weighted by Crippen LogP contribution is 2.12. The largest absolute Gasteiger partial charge is 0.469 e. The van der Waals surface area contributed by atoms with Crippen molar-refractivity contribution in [3.8, 4) is 0 Å². The molecule has 0 radical (unpaired) electrons. The first-order chi connectivity index (χ1) is 8.66. The van der Waals surface area contributed by atoms with Crippen LogP contribution in [0.4, 0.5) is 5.69 Å². The van der Waals surface area contributed by atoms with Crippen LogP contribution >= 0.6 is 0 Å². The SMILES string of the molecule is Cc1ccc(N)cc1C(=O)NCCc1ccco1. The van der Waals surface area contributed by atoms with E-state index in [1.165, 1.54) is 0 Å². The first kappa shape index (κ1) is 12.2. The molecule has 1 aromatic heterocycles. The van der Waals surface area contributed by atoms with Crippen LogP contribution < -0.4 is 11.1 Å². The minimum Gasteiger partial charge on any atom is -0.469 e. The summed E-state index contributed by atoms with van der Waals surface area (Å²) in [6, 6.07) is 9.04. The van der Waals surface area contributed by atoms with E-state index in [1.807, 2.05) is 25.1 Å². The molecule has 0 aliphatic rings. The van der Waals surface area contributed by atoms with Gasteiger partial charge in [-0.3, -0.25) is 4.79 Å². The Morgan fingerprint density at radius 3 is 2.94 bits per heavy atom. The van der Waals surface area contributed by atoms with Gasteiger partial charge in [0, 0.05) is 24.2 Å². The number of hydrogen-bond donors (Lipinski definition) is 2. The molecular weight excluding hydrogens is 228 g/mol. The van der Waals surface area contributed by atoms with Gasteiger partial charge in [0.1, 0.15) is 5.76 Å². The minimum atomic E-state index is -0.105. The lowest BCUT2D eigenvalue weighted by Crippen LogP contribution is -2.26. The fourth-order valence-corrected chi connectivity index (χ4v) is 1.73. The van der Waals surface area contributed by atoms with Crippen LogP contribution in [0.15, 0.2) is 41.0 Å². The maximum Gasteiger partial charge on any atom is 0.251 e. The lowest BCUT2D eigenvalue weighted by molar-refractivity contribution is 0.0953. The highest BCUT2D eigenvalue weighted by Gasteiger charge is 2.08. The van der Waals surface area contributed by atoms with Crippen LogP contribution in [-0.2, 0) is 6.42 Å². The smallest absolute Gasteiger partial charge is 0.251 e. The minimum absolute atomic E-state index is 0.105. The molecule has 0 atom stereocenters. The summed E-state index contributed by atoms with van der Waals surface area (Å²) in [5, 5.41) is 2.85. The second-order valence-corrected chi connectivity index (χ2v) is 4.16. The third-order valence-corrected chi connectivity index (χ3v) is 2.74. The molecule has 3 N–H and O–H groups in total. The van der Waals surface area contributed by atoms with Gasteiger partial charge in [-0.15, -0.1) is 0 Å². The number of rotatable bonds is 4. The van der Waals surface area contributed by atoms with Crippen molar-refractivity contribution >= 4 is 11.6 Å². The van der Waals surface area contributed by atoms with E-state index in [9.17, 15) is 4.79 Å². The number of aryl methyl sites for hydroxylation is 1. The van der Waals surface area contributed by atoms with E-state index in [0.29, 0.717) is 24.2 Å². The number of nitrogen functional groups attached to an aromatic ring is 1. The second kappa shape index (κ2) is 5.40. The average molecular weight is 244 g/mol. The normalized spacial score (nSPS) is 10.3. The summed E-state index contributed by atoms with van der Waals surface area (Å²) in [6.45, 7) is 2.43. The van der Waals surface area contributed by atoms with Crippen molar-refractivity contribution in [1.82, 2.24) is 5.32 Å². The highest BCUT2D eigenvalue weighted by atomic mass is 16.3.